The lowest BCUT2D eigenvalue weighted by molar-refractivity contribution is -0.122. The number of halogens is 1. The summed E-state index contributed by atoms with van der Waals surface area (Å²) in [5.74, 6) is 0.381. The average molecular weight is 333 g/mol. The van der Waals surface area contributed by atoms with Gasteiger partial charge in [-0.25, -0.2) is 4.39 Å². The minimum atomic E-state index is -0.320. The van der Waals surface area contributed by atoms with Gasteiger partial charge in [0.15, 0.2) is 0 Å². The highest BCUT2D eigenvalue weighted by molar-refractivity contribution is 5.76. The number of benzene rings is 1. The van der Waals surface area contributed by atoms with Crippen molar-refractivity contribution in [2.45, 2.75) is 44.8 Å². The monoisotopic (exact) mass is 333 g/mol. The third-order valence-corrected chi connectivity index (χ3v) is 4.05. The lowest BCUT2D eigenvalue weighted by Crippen LogP contribution is -2.40. The molecule has 3 rings (SSSR count). The van der Waals surface area contributed by atoms with E-state index in [2.05, 4.69) is 15.5 Å². The fourth-order valence-corrected chi connectivity index (χ4v) is 2.71. The molecule has 2 heterocycles. The lowest BCUT2D eigenvalue weighted by atomic mass is 10.1. The van der Waals surface area contributed by atoms with Gasteiger partial charge in [-0.3, -0.25) is 4.79 Å². The summed E-state index contributed by atoms with van der Waals surface area (Å²) in [6.45, 7) is 2.71. The van der Waals surface area contributed by atoms with E-state index >= 15 is 0 Å². The van der Waals surface area contributed by atoms with Gasteiger partial charge in [0.25, 0.3) is 0 Å². The summed E-state index contributed by atoms with van der Waals surface area (Å²) >= 11 is 0. The van der Waals surface area contributed by atoms with Crippen molar-refractivity contribution in [3.63, 3.8) is 0 Å². The number of nitrogens with zero attached hydrogens (tertiary/aromatic N) is 2. The maximum absolute atomic E-state index is 12.9. The van der Waals surface area contributed by atoms with Crippen molar-refractivity contribution in [2.75, 3.05) is 6.61 Å². The van der Waals surface area contributed by atoms with Gasteiger partial charge in [0, 0.05) is 25.0 Å². The molecule has 24 heavy (non-hydrogen) atoms. The molecule has 1 aromatic heterocycles. The Bertz CT molecular complexity index is 681. The third kappa shape index (κ3) is 4.17. The molecule has 1 N–H and O–H groups in total. The Balaban J connectivity index is 1.49. The number of hydrogen-bond acceptors (Lipinski definition) is 5. The van der Waals surface area contributed by atoms with E-state index in [1.165, 1.54) is 12.1 Å². The second-order valence-corrected chi connectivity index (χ2v) is 5.93. The number of ether oxygens (including phenoxy) is 1. The number of carbonyl (C=O) groups is 1. The number of aryl methyl sites for hydroxylation is 1. The van der Waals surface area contributed by atoms with Gasteiger partial charge >= 0.3 is 0 Å². The van der Waals surface area contributed by atoms with E-state index in [-0.39, 0.29) is 30.3 Å². The van der Waals surface area contributed by atoms with Crippen LogP contribution < -0.4 is 5.32 Å². The van der Waals surface area contributed by atoms with Gasteiger partial charge in [-0.2, -0.15) is 4.98 Å². The van der Waals surface area contributed by atoms with Crippen LogP contribution in [0.1, 0.15) is 32.1 Å². The maximum Gasteiger partial charge on any atom is 0.227 e. The molecule has 2 aromatic rings. The van der Waals surface area contributed by atoms with E-state index in [0.717, 1.165) is 19.4 Å². The van der Waals surface area contributed by atoms with Gasteiger partial charge < -0.3 is 14.6 Å². The van der Waals surface area contributed by atoms with Crippen LogP contribution >= 0.6 is 0 Å². The van der Waals surface area contributed by atoms with Crippen LogP contribution in [0, 0.1) is 5.82 Å². The minimum absolute atomic E-state index is 0.00235. The van der Waals surface area contributed by atoms with E-state index in [4.69, 9.17) is 9.26 Å². The van der Waals surface area contributed by atoms with Crippen molar-refractivity contribution in [1.29, 1.82) is 0 Å². The molecular formula is C17H20FN3O3. The zero-order valence-corrected chi connectivity index (χ0v) is 13.5. The standard InChI is InChI=1S/C17H20FN3O3/c1-11(14-3-2-10-23-14)19-15(22)8-9-16-20-17(21-24-16)12-4-6-13(18)7-5-12/h4-7,11,14H,2-3,8-10H2,1H3,(H,19,22)/t11-,14+/m0/s1. The first kappa shape index (κ1) is 16.6. The van der Waals surface area contributed by atoms with Crippen molar-refractivity contribution >= 4 is 5.91 Å². The molecular weight excluding hydrogens is 313 g/mol. The molecule has 0 saturated carbocycles. The van der Waals surface area contributed by atoms with Crippen molar-refractivity contribution in [1.82, 2.24) is 15.5 Å². The Morgan fingerprint density at radius 2 is 2.21 bits per heavy atom. The molecule has 0 aliphatic carbocycles. The van der Waals surface area contributed by atoms with Gasteiger partial charge in [-0.1, -0.05) is 5.16 Å². The molecule has 0 bridgehead atoms. The molecule has 1 aromatic carbocycles. The first-order chi connectivity index (χ1) is 11.6. The van der Waals surface area contributed by atoms with Gasteiger partial charge in [0.2, 0.25) is 17.6 Å². The summed E-state index contributed by atoms with van der Waals surface area (Å²) in [6.07, 6.45) is 2.74. The van der Waals surface area contributed by atoms with E-state index in [9.17, 15) is 9.18 Å². The summed E-state index contributed by atoms with van der Waals surface area (Å²) in [6, 6.07) is 5.84. The van der Waals surface area contributed by atoms with Gasteiger partial charge in [0.1, 0.15) is 5.82 Å². The van der Waals surface area contributed by atoms with Crippen LogP contribution in [0.25, 0.3) is 11.4 Å². The Labute approximate surface area is 139 Å². The van der Waals surface area contributed by atoms with Crippen LogP contribution in [0.2, 0.25) is 0 Å². The van der Waals surface area contributed by atoms with E-state index in [1.54, 1.807) is 12.1 Å². The molecule has 128 valence electrons. The van der Waals surface area contributed by atoms with Crippen molar-refractivity contribution < 1.29 is 18.4 Å². The molecule has 1 fully saturated rings. The summed E-state index contributed by atoms with van der Waals surface area (Å²) in [4.78, 5) is 16.2. The van der Waals surface area contributed by atoms with Crippen molar-refractivity contribution in [3.8, 4) is 11.4 Å². The number of hydrogen-bond donors (Lipinski definition) is 1. The fraction of sp³-hybridized carbons (Fsp3) is 0.471. The zero-order chi connectivity index (χ0) is 16.9. The Kier molecular flexibility index (Phi) is 5.20. The summed E-state index contributed by atoms with van der Waals surface area (Å²) in [7, 11) is 0. The Morgan fingerprint density at radius 1 is 1.42 bits per heavy atom. The molecule has 7 heteroatoms. The molecule has 2 atom stereocenters. The number of amides is 1. The van der Waals surface area contributed by atoms with Gasteiger partial charge in [0.05, 0.1) is 12.1 Å². The maximum atomic E-state index is 12.9. The number of rotatable bonds is 6. The summed E-state index contributed by atoms with van der Waals surface area (Å²) in [5, 5.41) is 6.80. The first-order valence-corrected chi connectivity index (χ1v) is 8.11. The van der Waals surface area contributed by atoms with Crippen LogP contribution in [0.3, 0.4) is 0 Å². The van der Waals surface area contributed by atoms with E-state index in [0.29, 0.717) is 23.7 Å². The van der Waals surface area contributed by atoms with Crippen molar-refractivity contribution in [3.05, 3.63) is 36.0 Å². The molecule has 1 aliphatic rings. The van der Waals surface area contributed by atoms with Gasteiger partial charge in [-0.15, -0.1) is 0 Å². The number of aromatic nitrogens is 2. The van der Waals surface area contributed by atoms with Crippen LogP contribution in [0.4, 0.5) is 4.39 Å². The second-order valence-electron chi connectivity index (χ2n) is 5.93. The summed E-state index contributed by atoms with van der Waals surface area (Å²) in [5.41, 5.74) is 0.669. The molecule has 1 amide bonds. The molecule has 6 nitrogen and oxygen atoms in total. The molecule has 1 saturated heterocycles. The normalized spacial score (nSPS) is 18.5. The smallest absolute Gasteiger partial charge is 0.227 e. The highest BCUT2D eigenvalue weighted by Gasteiger charge is 2.23. The van der Waals surface area contributed by atoms with Crippen LogP contribution in [-0.4, -0.2) is 34.8 Å². The Morgan fingerprint density at radius 3 is 2.92 bits per heavy atom. The zero-order valence-electron chi connectivity index (χ0n) is 13.5. The van der Waals surface area contributed by atoms with Crippen molar-refractivity contribution in [2.24, 2.45) is 0 Å². The largest absolute Gasteiger partial charge is 0.376 e. The highest BCUT2D eigenvalue weighted by atomic mass is 19.1. The van der Waals surface area contributed by atoms with E-state index < -0.39 is 0 Å². The highest BCUT2D eigenvalue weighted by Crippen LogP contribution is 2.17. The van der Waals surface area contributed by atoms with Crippen LogP contribution in [0.5, 0.6) is 0 Å². The van der Waals surface area contributed by atoms with Crippen LogP contribution in [-0.2, 0) is 16.0 Å². The number of nitrogens with one attached hydrogen (secondary N) is 1. The third-order valence-electron chi connectivity index (χ3n) is 4.05. The molecule has 0 radical (unpaired) electrons. The summed E-state index contributed by atoms with van der Waals surface area (Å²) < 4.78 is 23.6. The predicted molar refractivity (Wildman–Crippen MR) is 84.6 cm³/mol. The van der Waals surface area contributed by atoms with E-state index in [1.807, 2.05) is 6.92 Å². The van der Waals surface area contributed by atoms with Gasteiger partial charge in [-0.05, 0) is 44.0 Å². The average Bonchev–Trinajstić information content (AvgIpc) is 3.25. The van der Waals surface area contributed by atoms with Crippen LogP contribution in [0.15, 0.2) is 28.8 Å². The minimum Gasteiger partial charge on any atom is -0.376 e. The SMILES string of the molecule is C[C@H](NC(=O)CCc1nc(-c2ccc(F)cc2)no1)[C@H]1CCCO1. The molecule has 0 unspecified atom stereocenters. The topological polar surface area (TPSA) is 77.3 Å². The quantitative estimate of drug-likeness (QED) is 0.879. The first-order valence-electron chi connectivity index (χ1n) is 8.11. The lowest BCUT2D eigenvalue weighted by Gasteiger charge is -2.19. The predicted octanol–water partition coefficient (Wildman–Crippen LogP) is 2.49. The Hall–Kier alpha value is -2.28. The molecule has 1 aliphatic heterocycles. The fourth-order valence-electron chi connectivity index (χ4n) is 2.71. The number of carbonyl (C=O) groups excluding carboxylic acids is 1. The second kappa shape index (κ2) is 7.53. The molecule has 0 spiro atoms.